The number of allylic oxidation sites excluding steroid dienone is 2. The zero-order valence-electron chi connectivity index (χ0n) is 19.3. The van der Waals surface area contributed by atoms with Gasteiger partial charge in [0, 0.05) is 12.2 Å². The summed E-state index contributed by atoms with van der Waals surface area (Å²) in [6.07, 6.45) is 22.1. The molecule has 1 aromatic rings. The van der Waals surface area contributed by atoms with Crippen molar-refractivity contribution in [3.05, 3.63) is 36.4 Å². The highest BCUT2D eigenvalue weighted by Gasteiger charge is 2.12. The molecular weight excluding hydrogens is 388 g/mol. The predicted molar refractivity (Wildman–Crippen MR) is 129 cm³/mol. The zero-order valence-corrected chi connectivity index (χ0v) is 19.3. The quantitative estimate of drug-likeness (QED) is 0.114. The van der Waals surface area contributed by atoms with Gasteiger partial charge in [-0.05, 0) is 56.4 Å². The Morgan fingerprint density at radius 3 is 1.84 bits per heavy atom. The second-order valence-electron chi connectivity index (χ2n) is 8.19. The molecule has 0 heterocycles. The minimum Gasteiger partial charge on any atom is -0.508 e. The van der Waals surface area contributed by atoms with Crippen LogP contribution in [0, 0.1) is 0 Å². The Kier molecular flexibility index (Phi) is 15.9. The van der Waals surface area contributed by atoms with E-state index >= 15 is 0 Å². The summed E-state index contributed by atoms with van der Waals surface area (Å²) in [7, 11) is 0. The Bertz CT molecular complexity index is 626. The van der Waals surface area contributed by atoms with Crippen LogP contribution < -0.4 is 10.6 Å². The first-order valence-electron chi connectivity index (χ1n) is 12.2. The van der Waals surface area contributed by atoms with Crippen molar-refractivity contribution in [1.82, 2.24) is 5.32 Å². The SMILES string of the molecule is CCCCCCCCC=CCCCCCCCCNC(=O)C(=O)Nc1ccc(O)cc1. The molecule has 0 saturated carbocycles. The fourth-order valence-electron chi connectivity index (χ4n) is 3.39. The second-order valence-corrected chi connectivity index (χ2v) is 8.19. The van der Waals surface area contributed by atoms with Gasteiger partial charge in [0.2, 0.25) is 0 Å². The van der Waals surface area contributed by atoms with Gasteiger partial charge in [-0.1, -0.05) is 76.9 Å². The number of phenolic OH excluding ortho intramolecular Hbond substituents is 1. The predicted octanol–water partition coefficient (Wildman–Crippen LogP) is 6.48. The molecule has 0 bridgehead atoms. The number of amides is 2. The van der Waals surface area contributed by atoms with Crippen molar-refractivity contribution in [3.8, 4) is 5.75 Å². The zero-order chi connectivity index (χ0) is 22.6. The number of hydrogen-bond acceptors (Lipinski definition) is 3. The summed E-state index contributed by atoms with van der Waals surface area (Å²) in [5.74, 6) is -1.20. The number of carbonyl (C=O) groups excluding carboxylic acids is 2. The second kappa shape index (κ2) is 18.5. The first kappa shape index (κ1) is 26.7. The van der Waals surface area contributed by atoms with Crippen LogP contribution in [-0.2, 0) is 9.59 Å². The molecule has 0 aliphatic heterocycles. The van der Waals surface area contributed by atoms with E-state index in [4.69, 9.17) is 0 Å². The van der Waals surface area contributed by atoms with Crippen molar-refractivity contribution in [3.63, 3.8) is 0 Å². The van der Waals surface area contributed by atoms with Crippen LogP contribution in [0.15, 0.2) is 36.4 Å². The summed E-state index contributed by atoms with van der Waals surface area (Å²) in [5.41, 5.74) is 0.482. The van der Waals surface area contributed by atoms with Crippen LogP contribution in [-0.4, -0.2) is 23.5 Å². The van der Waals surface area contributed by atoms with Crippen LogP contribution in [0.1, 0.15) is 96.8 Å². The fraction of sp³-hybridized carbons (Fsp3) is 0.615. The molecule has 0 aromatic heterocycles. The molecule has 174 valence electrons. The number of unbranched alkanes of at least 4 members (excludes halogenated alkanes) is 12. The number of rotatable bonds is 17. The van der Waals surface area contributed by atoms with Gasteiger partial charge in [0.1, 0.15) is 5.75 Å². The van der Waals surface area contributed by atoms with E-state index in [1.165, 1.54) is 82.8 Å². The van der Waals surface area contributed by atoms with E-state index in [0.717, 1.165) is 19.3 Å². The maximum atomic E-state index is 11.8. The van der Waals surface area contributed by atoms with E-state index in [1.54, 1.807) is 12.1 Å². The van der Waals surface area contributed by atoms with Crippen LogP contribution in [0.5, 0.6) is 5.75 Å². The molecule has 1 rings (SSSR count). The minimum absolute atomic E-state index is 0.113. The summed E-state index contributed by atoms with van der Waals surface area (Å²) in [6.45, 7) is 2.77. The van der Waals surface area contributed by atoms with Gasteiger partial charge in [0.25, 0.3) is 0 Å². The summed E-state index contributed by atoms with van der Waals surface area (Å²) >= 11 is 0. The van der Waals surface area contributed by atoms with Gasteiger partial charge >= 0.3 is 11.8 Å². The molecule has 31 heavy (non-hydrogen) atoms. The summed E-state index contributed by atoms with van der Waals surface area (Å²) in [4.78, 5) is 23.6. The van der Waals surface area contributed by atoms with Crippen molar-refractivity contribution < 1.29 is 14.7 Å². The normalized spacial score (nSPS) is 11.0. The first-order valence-corrected chi connectivity index (χ1v) is 12.2. The number of phenols is 1. The van der Waals surface area contributed by atoms with E-state index in [0.29, 0.717) is 12.2 Å². The van der Waals surface area contributed by atoms with Gasteiger partial charge in [-0.25, -0.2) is 0 Å². The van der Waals surface area contributed by atoms with Crippen LogP contribution in [0.4, 0.5) is 5.69 Å². The maximum absolute atomic E-state index is 11.8. The van der Waals surface area contributed by atoms with Gasteiger partial charge in [0.15, 0.2) is 0 Å². The largest absolute Gasteiger partial charge is 0.508 e. The van der Waals surface area contributed by atoms with Crippen molar-refractivity contribution in [2.45, 2.75) is 96.8 Å². The maximum Gasteiger partial charge on any atom is 0.313 e. The number of anilines is 1. The average Bonchev–Trinajstić information content (AvgIpc) is 2.77. The molecule has 3 N–H and O–H groups in total. The van der Waals surface area contributed by atoms with E-state index in [-0.39, 0.29) is 5.75 Å². The number of nitrogens with one attached hydrogen (secondary N) is 2. The van der Waals surface area contributed by atoms with Crippen LogP contribution >= 0.6 is 0 Å². The standard InChI is InChI=1S/C26H42N2O3/c1-2-3-4-5-6-7-8-9-10-11-12-13-14-15-16-17-22-27-25(30)26(31)28-23-18-20-24(29)21-19-23/h9-10,18-21,29H,2-8,11-17,22H2,1H3,(H,27,30)(H,28,31). The summed E-state index contributed by atoms with van der Waals surface area (Å²) < 4.78 is 0. The van der Waals surface area contributed by atoms with Gasteiger partial charge in [0.05, 0.1) is 0 Å². The van der Waals surface area contributed by atoms with Gasteiger partial charge in [-0.15, -0.1) is 0 Å². The lowest BCUT2D eigenvalue weighted by Gasteiger charge is -2.06. The van der Waals surface area contributed by atoms with Gasteiger partial charge < -0.3 is 15.7 Å². The van der Waals surface area contributed by atoms with Crippen molar-refractivity contribution in [1.29, 1.82) is 0 Å². The molecule has 0 fully saturated rings. The Labute approximate surface area is 188 Å². The highest BCUT2D eigenvalue weighted by atomic mass is 16.3. The topological polar surface area (TPSA) is 78.4 Å². The molecule has 0 aliphatic carbocycles. The highest BCUT2D eigenvalue weighted by molar-refractivity contribution is 6.39. The fourth-order valence-corrected chi connectivity index (χ4v) is 3.39. The molecule has 0 saturated heterocycles. The molecule has 5 nitrogen and oxygen atoms in total. The minimum atomic E-state index is -0.685. The molecule has 2 amide bonds. The molecule has 0 aliphatic rings. The van der Waals surface area contributed by atoms with Crippen LogP contribution in [0.25, 0.3) is 0 Å². The number of aromatic hydroxyl groups is 1. The lowest BCUT2D eigenvalue weighted by atomic mass is 10.1. The molecule has 0 atom stereocenters. The highest BCUT2D eigenvalue weighted by Crippen LogP contribution is 2.13. The molecular formula is C26H42N2O3. The Morgan fingerprint density at radius 2 is 1.26 bits per heavy atom. The average molecular weight is 431 g/mol. The smallest absolute Gasteiger partial charge is 0.313 e. The molecule has 0 spiro atoms. The number of benzene rings is 1. The molecule has 1 aromatic carbocycles. The number of hydrogen-bond donors (Lipinski definition) is 3. The third kappa shape index (κ3) is 15.2. The van der Waals surface area contributed by atoms with E-state index in [2.05, 4.69) is 29.7 Å². The Morgan fingerprint density at radius 1 is 0.742 bits per heavy atom. The van der Waals surface area contributed by atoms with Crippen molar-refractivity contribution in [2.24, 2.45) is 0 Å². The van der Waals surface area contributed by atoms with E-state index in [1.807, 2.05) is 0 Å². The lowest BCUT2D eigenvalue weighted by molar-refractivity contribution is -0.136. The third-order valence-corrected chi connectivity index (χ3v) is 5.31. The van der Waals surface area contributed by atoms with E-state index in [9.17, 15) is 14.7 Å². The van der Waals surface area contributed by atoms with Crippen LogP contribution in [0.3, 0.4) is 0 Å². The monoisotopic (exact) mass is 430 g/mol. The Balaban J connectivity index is 1.88. The summed E-state index contributed by atoms with van der Waals surface area (Å²) in [6, 6.07) is 6.01. The lowest BCUT2D eigenvalue weighted by Crippen LogP contribution is -2.35. The molecule has 5 heteroatoms. The van der Waals surface area contributed by atoms with Crippen molar-refractivity contribution in [2.75, 3.05) is 11.9 Å². The van der Waals surface area contributed by atoms with E-state index < -0.39 is 11.8 Å². The van der Waals surface area contributed by atoms with Crippen LogP contribution in [0.2, 0.25) is 0 Å². The molecule has 0 unspecified atom stereocenters. The first-order chi connectivity index (χ1) is 15.1. The summed E-state index contributed by atoms with van der Waals surface area (Å²) in [5, 5.41) is 14.4. The Hall–Kier alpha value is -2.30. The van der Waals surface area contributed by atoms with Gasteiger partial charge in [-0.3, -0.25) is 9.59 Å². The van der Waals surface area contributed by atoms with Crippen molar-refractivity contribution >= 4 is 17.5 Å². The number of carbonyl (C=O) groups is 2. The molecule has 0 radical (unpaired) electrons. The van der Waals surface area contributed by atoms with Gasteiger partial charge in [-0.2, -0.15) is 0 Å². The third-order valence-electron chi connectivity index (χ3n) is 5.31.